The molecule has 15 heteroatoms. The van der Waals surface area contributed by atoms with Gasteiger partial charge in [0.1, 0.15) is 19.3 Å². The topological polar surface area (TPSA) is 188 Å². The van der Waals surface area contributed by atoms with Crippen LogP contribution in [0.3, 0.4) is 0 Å². The molecule has 15 nitrogen and oxygen atoms in total. The third-order valence-corrected chi connectivity index (χ3v) is 5.37. The van der Waals surface area contributed by atoms with Crippen LogP contribution in [0.2, 0.25) is 0 Å². The second-order valence-electron chi connectivity index (χ2n) is 8.68. The van der Waals surface area contributed by atoms with Crippen molar-refractivity contribution < 1.29 is 66.7 Å². The Hall–Kier alpha value is -4.24. The predicted molar refractivity (Wildman–Crippen MR) is 133 cm³/mol. The molecule has 226 valence electrons. The van der Waals surface area contributed by atoms with E-state index in [9.17, 15) is 28.8 Å². The van der Waals surface area contributed by atoms with E-state index in [0.717, 1.165) is 34.8 Å². The van der Waals surface area contributed by atoms with Gasteiger partial charge in [0.2, 0.25) is 0 Å². The molecule has 1 fully saturated rings. The largest absolute Gasteiger partial charge is 0.467 e. The van der Waals surface area contributed by atoms with Gasteiger partial charge in [-0.05, 0) is 5.56 Å². The molecular formula is C26H33NO14. The molecule has 1 aliphatic heterocycles. The first-order chi connectivity index (χ1) is 19.4. The zero-order valence-corrected chi connectivity index (χ0v) is 23.2. The number of amides is 1. The first kappa shape index (κ1) is 33.0. The molecule has 2 rings (SSSR count). The third kappa shape index (κ3) is 11.0. The van der Waals surface area contributed by atoms with E-state index in [0.29, 0.717) is 5.56 Å². The highest BCUT2D eigenvalue weighted by Crippen LogP contribution is 2.30. The molecule has 0 aromatic heterocycles. The average molecular weight is 584 g/mol. The summed E-state index contributed by atoms with van der Waals surface area (Å²) in [5.74, 6) is -4.06. The molecule has 0 saturated carbocycles. The molecule has 1 unspecified atom stereocenters. The maximum absolute atomic E-state index is 12.4. The number of carbonyl (C=O) groups is 6. The zero-order valence-electron chi connectivity index (χ0n) is 23.2. The molecule has 1 heterocycles. The number of esters is 5. The summed E-state index contributed by atoms with van der Waals surface area (Å²) in [5, 5.41) is 2.31. The van der Waals surface area contributed by atoms with E-state index in [4.69, 9.17) is 37.9 Å². The molecule has 1 saturated heterocycles. The normalized spacial score (nSPS) is 22.3. The molecule has 0 radical (unpaired) electrons. The van der Waals surface area contributed by atoms with Crippen LogP contribution in [0, 0.1) is 0 Å². The second kappa shape index (κ2) is 16.1. The number of methoxy groups -OCH3 is 1. The summed E-state index contributed by atoms with van der Waals surface area (Å²) in [4.78, 5) is 72.0. The Morgan fingerprint density at radius 1 is 0.805 bits per heavy atom. The molecule has 0 spiro atoms. The standard InChI is InChI=1S/C26H33NO14/c1-14(28)35-13-20-21(38-15(2)29)22(39-16(3)30)23(40-17(4)31)25(41-20)36-12-19(24(32)34-5)27-26(33)37-11-18-9-7-6-8-10-18/h6-10,19-23,25H,11-13H2,1-5H3,(H,27,33)/t19-,20+,21+,22-,23+,25?/m0/s1. The Balaban J connectivity index is 2.27. The van der Waals surface area contributed by atoms with E-state index in [-0.39, 0.29) is 6.61 Å². The molecule has 6 atom stereocenters. The van der Waals surface area contributed by atoms with E-state index in [2.05, 4.69) is 5.32 Å². The monoisotopic (exact) mass is 583 g/mol. The van der Waals surface area contributed by atoms with Gasteiger partial charge in [0.25, 0.3) is 0 Å². The van der Waals surface area contributed by atoms with E-state index >= 15 is 0 Å². The number of alkyl carbamates (subject to hydrolysis) is 1. The first-order valence-corrected chi connectivity index (χ1v) is 12.4. The molecule has 0 aliphatic carbocycles. The Bertz CT molecular complexity index is 1080. The van der Waals surface area contributed by atoms with Crippen molar-refractivity contribution in [3.05, 3.63) is 35.9 Å². The molecule has 1 amide bonds. The smallest absolute Gasteiger partial charge is 0.408 e. The summed E-state index contributed by atoms with van der Waals surface area (Å²) in [7, 11) is 1.08. The number of hydrogen-bond donors (Lipinski definition) is 1. The van der Waals surface area contributed by atoms with Gasteiger partial charge in [0, 0.05) is 27.7 Å². The van der Waals surface area contributed by atoms with Crippen molar-refractivity contribution in [2.75, 3.05) is 20.3 Å². The fourth-order valence-corrected chi connectivity index (χ4v) is 3.73. The van der Waals surface area contributed by atoms with Crippen molar-refractivity contribution >= 4 is 35.9 Å². The number of nitrogens with one attached hydrogen (secondary N) is 1. The van der Waals surface area contributed by atoms with Crippen molar-refractivity contribution in [3.8, 4) is 0 Å². The summed E-state index contributed by atoms with van der Waals surface area (Å²) < 4.78 is 42.3. The van der Waals surface area contributed by atoms with Gasteiger partial charge in [-0.25, -0.2) is 9.59 Å². The Kier molecular flexibility index (Phi) is 13.0. The van der Waals surface area contributed by atoms with Gasteiger partial charge < -0.3 is 43.2 Å². The summed E-state index contributed by atoms with van der Waals surface area (Å²) in [5.41, 5.74) is 0.700. The highest BCUT2D eigenvalue weighted by atomic mass is 16.7. The lowest BCUT2D eigenvalue weighted by atomic mass is 9.98. The second-order valence-corrected chi connectivity index (χ2v) is 8.68. The summed E-state index contributed by atoms with van der Waals surface area (Å²) in [6.07, 6.45) is -8.16. The molecule has 1 aromatic carbocycles. The minimum Gasteiger partial charge on any atom is -0.467 e. The lowest BCUT2D eigenvalue weighted by Crippen LogP contribution is -2.63. The van der Waals surface area contributed by atoms with E-state index in [1.807, 2.05) is 0 Å². The highest BCUT2D eigenvalue weighted by molar-refractivity contribution is 5.81. The fourth-order valence-electron chi connectivity index (χ4n) is 3.73. The molecule has 1 aromatic rings. The van der Waals surface area contributed by atoms with Crippen LogP contribution in [0.15, 0.2) is 30.3 Å². The lowest BCUT2D eigenvalue weighted by molar-refractivity contribution is -0.308. The van der Waals surface area contributed by atoms with Crippen LogP contribution in [-0.4, -0.2) is 93.0 Å². The van der Waals surface area contributed by atoms with Crippen LogP contribution < -0.4 is 5.32 Å². The Morgan fingerprint density at radius 3 is 1.95 bits per heavy atom. The third-order valence-electron chi connectivity index (χ3n) is 5.37. The highest BCUT2D eigenvalue weighted by Gasteiger charge is 2.53. The summed E-state index contributed by atoms with van der Waals surface area (Å²) in [6.45, 7) is 3.20. The molecule has 1 aliphatic rings. The first-order valence-electron chi connectivity index (χ1n) is 12.4. The van der Waals surface area contributed by atoms with Crippen molar-refractivity contribution in [1.82, 2.24) is 5.32 Å². The van der Waals surface area contributed by atoms with Crippen LogP contribution >= 0.6 is 0 Å². The minimum absolute atomic E-state index is 0.0822. The van der Waals surface area contributed by atoms with Gasteiger partial charge in [-0.15, -0.1) is 0 Å². The van der Waals surface area contributed by atoms with Crippen molar-refractivity contribution in [3.63, 3.8) is 0 Å². The summed E-state index contributed by atoms with van der Waals surface area (Å²) in [6, 6.07) is 7.36. The number of ether oxygens (including phenoxy) is 8. The van der Waals surface area contributed by atoms with Gasteiger partial charge in [-0.2, -0.15) is 0 Å². The fraction of sp³-hybridized carbons (Fsp3) is 0.538. The molecular weight excluding hydrogens is 550 g/mol. The maximum atomic E-state index is 12.4. The number of hydrogen-bond acceptors (Lipinski definition) is 14. The number of benzene rings is 1. The molecule has 41 heavy (non-hydrogen) atoms. The van der Waals surface area contributed by atoms with Crippen LogP contribution in [0.1, 0.15) is 33.3 Å². The predicted octanol–water partition coefficient (Wildman–Crippen LogP) is 0.554. The van der Waals surface area contributed by atoms with Crippen LogP contribution in [0.4, 0.5) is 4.79 Å². The van der Waals surface area contributed by atoms with Gasteiger partial charge in [0.15, 0.2) is 30.6 Å². The van der Waals surface area contributed by atoms with Gasteiger partial charge in [-0.1, -0.05) is 30.3 Å². The maximum Gasteiger partial charge on any atom is 0.408 e. The molecule has 1 N–H and O–H groups in total. The van der Waals surface area contributed by atoms with Gasteiger partial charge >= 0.3 is 35.9 Å². The lowest BCUT2D eigenvalue weighted by Gasteiger charge is -2.44. The van der Waals surface area contributed by atoms with Crippen molar-refractivity contribution in [2.45, 2.75) is 71.0 Å². The van der Waals surface area contributed by atoms with E-state index in [1.165, 1.54) is 0 Å². The Morgan fingerprint density at radius 2 is 1.39 bits per heavy atom. The van der Waals surface area contributed by atoms with E-state index < -0.39 is 85.9 Å². The summed E-state index contributed by atoms with van der Waals surface area (Å²) >= 11 is 0. The van der Waals surface area contributed by atoms with Crippen LogP contribution in [-0.2, 0) is 68.5 Å². The number of carbonyl (C=O) groups excluding carboxylic acids is 6. The molecule has 0 bridgehead atoms. The Labute approximate surface area is 235 Å². The van der Waals surface area contributed by atoms with Crippen molar-refractivity contribution in [2.24, 2.45) is 0 Å². The van der Waals surface area contributed by atoms with Crippen LogP contribution in [0.5, 0.6) is 0 Å². The quantitative estimate of drug-likeness (QED) is 0.265. The SMILES string of the molecule is COC(=O)[C@H](COC1O[C@H](COC(C)=O)[C@@H](OC(C)=O)[C@H](OC(C)=O)[C@H]1OC(C)=O)NC(=O)OCc1ccccc1. The zero-order chi connectivity index (χ0) is 30.5. The minimum atomic E-state index is -1.56. The van der Waals surface area contributed by atoms with Gasteiger partial charge in [-0.3, -0.25) is 19.2 Å². The van der Waals surface area contributed by atoms with Crippen LogP contribution in [0.25, 0.3) is 0 Å². The van der Waals surface area contributed by atoms with Gasteiger partial charge in [0.05, 0.1) is 13.7 Å². The average Bonchev–Trinajstić information content (AvgIpc) is 2.90. The van der Waals surface area contributed by atoms with Crippen molar-refractivity contribution in [1.29, 1.82) is 0 Å². The number of rotatable bonds is 12. The van der Waals surface area contributed by atoms with E-state index in [1.54, 1.807) is 30.3 Å².